The topological polar surface area (TPSA) is 86.3 Å². The van der Waals surface area contributed by atoms with E-state index in [1.54, 1.807) is 22.4 Å². The van der Waals surface area contributed by atoms with Gasteiger partial charge in [0.1, 0.15) is 0 Å². The molecule has 3 aromatic rings. The third-order valence-electron chi connectivity index (χ3n) is 4.34. The first-order valence-electron chi connectivity index (χ1n) is 8.46. The minimum absolute atomic E-state index is 0.0752. The van der Waals surface area contributed by atoms with Crippen LogP contribution >= 0.6 is 11.3 Å². The molecule has 9 heteroatoms. The number of hydrogen-bond donors (Lipinski definition) is 0. The lowest BCUT2D eigenvalue weighted by Gasteiger charge is -2.31. The summed E-state index contributed by atoms with van der Waals surface area (Å²) in [5, 5.41) is 10.2. The molecule has 1 saturated heterocycles. The first-order chi connectivity index (χ1) is 12.7. The van der Waals surface area contributed by atoms with E-state index in [0.717, 1.165) is 10.6 Å². The number of aryl methyl sites for hydroxylation is 2. The second kappa shape index (κ2) is 7.38. The van der Waals surface area contributed by atoms with Gasteiger partial charge >= 0.3 is 0 Å². The maximum atomic E-state index is 12.5. The smallest absolute Gasteiger partial charge is 0.257 e. The Morgan fingerprint density at radius 1 is 1.42 bits per heavy atom. The van der Waals surface area contributed by atoms with Gasteiger partial charge in [-0.3, -0.25) is 9.48 Å². The van der Waals surface area contributed by atoms with E-state index in [0.29, 0.717) is 44.4 Å². The van der Waals surface area contributed by atoms with E-state index in [1.807, 2.05) is 35.2 Å². The molecular formula is C17H19N5O3S. The number of rotatable bonds is 5. The molecule has 1 atom stereocenters. The normalized spacial score (nSPS) is 17.6. The fourth-order valence-corrected chi connectivity index (χ4v) is 3.54. The van der Waals surface area contributed by atoms with Crippen LogP contribution in [0.25, 0.3) is 10.7 Å². The molecule has 4 heterocycles. The molecule has 0 aliphatic carbocycles. The molecule has 0 N–H and O–H groups in total. The van der Waals surface area contributed by atoms with E-state index in [-0.39, 0.29) is 12.0 Å². The predicted molar refractivity (Wildman–Crippen MR) is 94.5 cm³/mol. The number of morpholine rings is 1. The summed E-state index contributed by atoms with van der Waals surface area (Å²) in [4.78, 5) is 19.7. The molecule has 1 aliphatic heterocycles. The number of ether oxygens (including phenoxy) is 1. The van der Waals surface area contributed by atoms with Gasteiger partial charge in [-0.25, -0.2) is 0 Å². The van der Waals surface area contributed by atoms with Crippen molar-refractivity contribution in [2.75, 3.05) is 19.7 Å². The van der Waals surface area contributed by atoms with E-state index >= 15 is 0 Å². The molecule has 1 amide bonds. The van der Waals surface area contributed by atoms with Gasteiger partial charge in [-0.15, -0.1) is 11.3 Å². The first kappa shape index (κ1) is 16.9. The molecular weight excluding hydrogens is 354 g/mol. The second-order valence-electron chi connectivity index (χ2n) is 6.08. The largest absolute Gasteiger partial charge is 0.365 e. The minimum atomic E-state index is -0.389. The minimum Gasteiger partial charge on any atom is -0.365 e. The lowest BCUT2D eigenvalue weighted by Crippen LogP contribution is -2.42. The van der Waals surface area contributed by atoms with Crippen LogP contribution in [0, 0.1) is 6.92 Å². The maximum Gasteiger partial charge on any atom is 0.257 e. The summed E-state index contributed by atoms with van der Waals surface area (Å²) >= 11 is 1.55. The highest BCUT2D eigenvalue weighted by atomic mass is 32.1. The standard InChI is InChI=1S/C17H19N5O3S/c1-12-4-6-18-22(12)7-5-15(23)21-8-9-24-13(11-21)17-19-16(20-25-17)14-3-2-10-26-14/h2-4,6,10,13H,5,7-9,11H2,1H3/t13-/m0/s1. The summed E-state index contributed by atoms with van der Waals surface area (Å²) in [5.74, 6) is 1.04. The summed E-state index contributed by atoms with van der Waals surface area (Å²) in [7, 11) is 0. The molecule has 0 radical (unpaired) electrons. The van der Waals surface area contributed by atoms with Gasteiger partial charge in [0.2, 0.25) is 11.7 Å². The Bertz CT molecular complexity index is 873. The van der Waals surface area contributed by atoms with Crippen molar-refractivity contribution < 1.29 is 14.1 Å². The molecule has 0 bridgehead atoms. The Hall–Kier alpha value is -2.52. The van der Waals surface area contributed by atoms with Crippen molar-refractivity contribution in [2.24, 2.45) is 0 Å². The molecule has 0 unspecified atom stereocenters. The SMILES string of the molecule is Cc1ccnn1CCC(=O)N1CCO[C@H](c2nc(-c3cccs3)no2)C1. The van der Waals surface area contributed by atoms with E-state index < -0.39 is 0 Å². The van der Waals surface area contributed by atoms with Crippen LogP contribution in [0.15, 0.2) is 34.3 Å². The third-order valence-corrected chi connectivity index (χ3v) is 5.21. The van der Waals surface area contributed by atoms with Crippen molar-refractivity contribution in [3.05, 3.63) is 41.4 Å². The average Bonchev–Trinajstić information content (AvgIpc) is 3.41. The van der Waals surface area contributed by atoms with Crippen LogP contribution in [0.2, 0.25) is 0 Å². The zero-order chi connectivity index (χ0) is 17.9. The van der Waals surface area contributed by atoms with Crippen LogP contribution in [0.3, 0.4) is 0 Å². The molecule has 1 aliphatic rings. The van der Waals surface area contributed by atoms with Gasteiger partial charge in [-0.05, 0) is 24.4 Å². The van der Waals surface area contributed by atoms with Crippen LogP contribution in [0.4, 0.5) is 0 Å². The van der Waals surface area contributed by atoms with Crippen molar-refractivity contribution >= 4 is 17.2 Å². The molecule has 0 saturated carbocycles. The highest BCUT2D eigenvalue weighted by molar-refractivity contribution is 7.13. The molecule has 1 fully saturated rings. The van der Waals surface area contributed by atoms with Gasteiger partial charge in [0.25, 0.3) is 5.89 Å². The van der Waals surface area contributed by atoms with Crippen molar-refractivity contribution in [1.82, 2.24) is 24.8 Å². The zero-order valence-corrected chi connectivity index (χ0v) is 15.2. The summed E-state index contributed by atoms with van der Waals surface area (Å²) in [6, 6.07) is 5.80. The highest BCUT2D eigenvalue weighted by Crippen LogP contribution is 2.26. The van der Waals surface area contributed by atoms with E-state index in [4.69, 9.17) is 9.26 Å². The number of carbonyl (C=O) groups excluding carboxylic acids is 1. The van der Waals surface area contributed by atoms with Crippen LogP contribution in [-0.2, 0) is 16.1 Å². The third kappa shape index (κ3) is 3.54. The molecule has 0 spiro atoms. The van der Waals surface area contributed by atoms with Crippen LogP contribution in [0.1, 0.15) is 24.1 Å². The lowest BCUT2D eigenvalue weighted by atomic mass is 10.2. The van der Waals surface area contributed by atoms with Crippen LogP contribution in [0.5, 0.6) is 0 Å². The number of hydrogen-bond acceptors (Lipinski definition) is 7. The zero-order valence-electron chi connectivity index (χ0n) is 14.4. The number of amides is 1. The van der Waals surface area contributed by atoms with E-state index in [2.05, 4.69) is 15.2 Å². The van der Waals surface area contributed by atoms with Gasteiger partial charge in [-0.2, -0.15) is 10.1 Å². The Morgan fingerprint density at radius 3 is 3.12 bits per heavy atom. The van der Waals surface area contributed by atoms with Crippen LogP contribution < -0.4 is 0 Å². The summed E-state index contributed by atoms with van der Waals surface area (Å²) in [6.07, 6.45) is 1.76. The Morgan fingerprint density at radius 2 is 2.35 bits per heavy atom. The maximum absolute atomic E-state index is 12.5. The van der Waals surface area contributed by atoms with E-state index in [1.165, 1.54) is 0 Å². The molecule has 26 heavy (non-hydrogen) atoms. The molecule has 3 aromatic heterocycles. The van der Waals surface area contributed by atoms with Crippen molar-refractivity contribution in [2.45, 2.75) is 26.0 Å². The average molecular weight is 373 g/mol. The van der Waals surface area contributed by atoms with Gasteiger partial charge in [0.15, 0.2) is 6.10 Å². The van der Waals surface area contributed by atoms with Gasteiger partial charge < -0.3 is 14.2 Å². The summed E-state index contributed by atoms with van der Waals surface area (Å²) in [6.45, 7) is 3.99. The van der Waals surface area contributed by atoms with Crippen molar-refractivity contribution in [3.8, 4) is 10.7 Å². The Labute approximate surface area is 154 Å². The lowest BCUT2D eigenvalue weighted by molar-refractivity contribution is -0.140. The molecule has 8 nitrogen and oxygen atoms in total. The quantitative estimate of drug-likeness (QED) is 0.682. The predicted octanol–water partition coefficient (Wildman–Crippen LogP) is 2.29. The fraction of sp³-hybridized carbons (Fsp3) is 0.412. The fourth-order valence-electron chi connectivity index (χ4n) is 2.89. The summed E-state index contributed by atoms with van der Waals surface area (Å²) in [5.41, 5.74) is 1.05. The number of aromatic nitrogens is 4. The van der Waals surface area contributed by atoms with Crippen LogP contribution in [-0.4, -0.2) is 50.4 Å². The highest BCUT2D eigenvalue weighted by Gasteiger charge is 2.29. The van der Waals surface area contributed by atoms with Gasteiger partial charge in [0, 0.05) is 31.4 Å². The second-order valence-corrected chi connectivity index (χ2v) is 7.03. The van der Waals surface area contributed by atoms with Gasteiger partial charge in [0.05, 0.1) is 18.0 Å². The molecule has 136 valence electrons. The Kier molecular flexibility index (Phi) is 4.81. The first-order valence-corrected chi connectivity index (χ1v) is 9.34. The van der Waals surface area contributed by atoms with E-state index in [9.17, 15) is 4.79 Å². The molecule has 4 rings (SSSR count). The molecule has 0 aromatic carbocycles. The Balaban J connectivity index is 1.38. The number of nitrogens with zero attached hydrogens (tertiary/aromatic N) is 5. The monoisotopic (exact) mass is 373 g/mol. The van der Waals surface area contributed by atoms with Crippen molar-refractivity contribution in [3.63, 3.8) is 0 Å². The number of carbonyl (C=O) groups is 1. The van der Waals surface area contributed by atoms with Crippen molar-refractivity contribution in [1.29, 1.82) is 0 Å². The van der Waals surface area contributed by atoms with Gasteiger partial charge in [-0.1, -0.05) is 11.2 Å². The summed E-state index contributed by atoms with van der Waals surface area (Å²) < 4.78 is 12.9. The number of thiophene rings is 1.